The third kappa shape index (κ3) is 12.9. The maximum atomic E-state index is 13.1. The van der Waals surface area contributed by atoms with E-state index in [0.717, 1.165) is 0 Å². The summed E-state index contributed by atoms with van der Waals surface area (Å²) >= 11 is 0. The molecule has 3 saturated heterocycles. The van der Waals surface area contributed by atoms with Crippen LogP contribution in [-0.4, -0.2) is 170 Å². The number of amides is 4. The number of unbranched alkanes of at least 4 members (excludes halogenated alkanes) is 1. The predicted molar refractivity (Wildman–Crippen MR) is 170 cm³/mol. The van der Waals surface area contributed by atoms with Crippen LogP contribution in [0, 0.1) is 0 Å². The monoisotopic (exact) mass is 752 g/mol. The number of hydrogen-bond acceptors (Lipinski definition) is 18. The Bertz CT molecular complexity index is 1180. The third-order valence-corrected chi connectivity index (χ3v) is 8.68. The Kier molecular flexibility index (Phi) is 17.6. The van der Waals surface area contributed by atoms with Gasteiger partial charge in [-0.05, 0) is 39.5 Å². The fourth-order valence-corrected chi connectivity index (χ4v) is 5.52. The number of hydroxylamine groups is 2. The van der Waals surface area contributed by atoms with Crippen LogP contribution in [0.3, 0.4) is 0 Å². The molecule has 3 rings (SSSR count). The molecule has 0 spiro atoms. The summed E-state index contributed by atoms with van der Waals surface area (Å²) in [6.07, 6.45) is -13.9. The highest BCUT2D eigenvalue weighted by molar-refractivity contribution is 6.01. The van der Waals surface area contributed by atoms with E-state index in [4.69, 9.17) is 23.8 Å². The molecule has 0 bridgehead atoms. The molecule has 0 aromatic rings. The molecule has 0 aliphatic carbocycles. The molecule has 3 aliphatic rings. The van der Waals surface area contributed by atoms with Crippen LogP contribution >= 0.6 is 0 Å². The normalized spacial score (nSPS) is 32.0. The van der Waals surface area contributed by atoms with Gasteiger partial charge in [0.05, 0.1) is 31.5 Å². The molecule has 3 heterocycles. The lowest BCUT2D eigenvalue weighted by molar-refractivity contribution is -0.292. The Hall–Kier alpha value is -2.93. The van der Waals surface area contributed by atoms with Gasteiger partial charge < -0.3 is 70.2 Å². The number of nitrogens with one attached hydrogen (secondary N) is 3. The molecule has 298 valence electrons. The molecule has 21 nitrogen and oxygen atoms in total. The summed E-state index contributed by atoms with van der Waals surface area (Å²) in [5.74, 6) is -3.09. The maximum Gasteiger partial charge on any atom is 0.333 e. The van der Waals surface area contributed by atoms with Gasteiger partial charge in [-0.25, -0.2) is 4.79 Å². The second kappa shape index (κ2) is 21.1. The molecule has 21 heteroatoms. The minimum Gasteiger partial charge on any atom is -0.388 e. The minimum atomic E-state index is -1.54. The molecular formula is C31H52N4O17. The van der Waals surface area contributed by atoms with E-state index in [1.165, 1.54) is 13.8 Å². The Morgan fingerprint density at radius 1 is 0.750 bits per heavy atom. The van der Waals surface area contributed by atoms with E-state index in [1.807, 2.05) is 0 Å². The number of aliphatic hydroxyl groups excluding tert-OH is 7. The van der Waals surface area contributed by atoms with Gasteiger partial charge in [0.2, 0.25) is 11.8 Å². The van der Waals surface area contributed by atoms with E-state index in [2.05, 4.69) is 16.0 Å². The van der Waals surface area contributed by atoms with Crippen molar-refractivity contribution >= 4 is 29.6 Å². The Morgan fingerprint density at radius 2 is 1.27 bits per heavy atom. The number of ether oxygens (including phenoxy) is 4. The largest absolute Gasteiger partial charge is 0.388 e. The van der Waals surface area contributed by atoms with Crippen molar-refractivity contribution in [1.82, 2.24) is 21.0 Å². The molecular weight excluding hydrogens is 700 g/mol. The average molecular weight is 753 g/mol. The molecule has 0 saturated carbocycles. The molecule has 3 fully saturated rings. The molecule has 0 aromatic heterocycles. The van der Waals surface area contributed by atoms with Gasteiger partial charge in [0.15, 0.2) is 12.6 Å². The summed E-state index contributed by atoms with van der Waals surface area (Å²) in [6, 6.07) is -1.09. The van der Waals surface area contributed by atoms with Gasteiger partial charge in [0, 0.05) is 38.8 Å². The van der Waals surface area contributed by atoms with E-state index in [0.29, 0.717) is 5.06 Å². The molecule has 12 atom stereocenters. The highest BCUT2D eigenvalue weighted by atomic mass is 16.7. The first-order chi connectivity index (χ1) is 24.6. The topological polar surface area (TPSA) is 312 Å². The SMILES string of the molecule is C[C@@H]1O[C@@H](OCCNC(=O)CC[C@H](NC(O)CCCCC(=O)ON2C(=O)CCC2=O)C(=O)NCCO[C@@H]2O[C@@H](C)[C@@H](O)[C@@H](O)[C@@H]2O)[C@@H](O)[C@H](O)[C@@H]1O. The van der Waals surface area contributed by atoms with E-state index >= 15 is 0 Å². The zero-order chi connectivity index (χ0) is 38.5. The Morgan fingerprint density at radius 3 is 1.81 bits per heavy atom. The van der Waals surface area contributed by atoms with Crippen LogP contribution in [-0.2, 0) is 47.8 Å². The molecule has 10 N–H and O–H groups in total. The number of imide groups is 1. The van der Waals surface area contributed by atoms with Crippen LogP contribution < -0.4 is 16.0 Å². The Balaban J connectivity index is 1.44. The summed E-state index contributed by atoms with van der Waals surface area (Å²) in [5.41, 5.74) is 0. The van der Waals surface area contributed by atoms with Crippen molar-refractivity contribution in [2.45, 2.75) is 139 Å². The lowest BCUT2D eigenvalue weighted by Gasteiger charge is -2.38. The van der Waals surface area contributed by atoms with Gasteiger partial charge in [0.25, 0.3) is 11.8 Å². The predicted octanol–water partition coefficient (Wildman–Crippen LogP) is -4.87. The van der Waals surface area contributed by atoms with Crippen LogP contribution in [0.2, 0.25) is 0 Å². The lowest BCUT2D eigenvalue weighted by Crippen LogP contribution is -2.57. The van der Waals surface area contributed by atoms with Gasteiger partial charge in [-0.2, -0.15) is 0 Å². The minimum absolute atomic E-state index is 0.0232. The fourth-order valence-electron chi connectivity index (χ4n) is 5.52. The number of carbonyl (C=O) groups excluding carboxylic acids is 5. The van der Waals surface area contributed by atoms with Crippen molar-refractivity contribution in [2.24, 2.45) is 0 Å². The van der Waals surface area contributed by atoms with Gasteiger partial charge in [0.1, 0.15) is 42.9 Å². The Labute approximate surface area is 299 Å². The van der Waals surface area contributed by atoms with Gasteiger partial charge in [-0.3, -0.25) is 24.5 Å². The average Bonchev–Trinajstić information content (AvgIpc) is 3.42. The van der Waals surface area contributed by atoms with Crippen LogP contribution in [0.15, 0.2) is 0 Å². The summed E-state index contributed by atoms with van der Waals surface area (Å²) in [6.45, 7) is 2.58. The number of hydrogen-bond donors (Lipinski definition) is 10. The number of nitrogens with zero attached hydrogens (tertiary/aromatic N) is 1. The number of rotatable bonds is 20. The fraction of sp³-hybridized carbons (Fsp3) is 0.839. The highest BCUT2D eigenvalue weighted by Gasteiger charge is 2.43. The van der Waals surface area contributed by atoms with Gasteiger partial charge in [-0.15, -0.1) is 5.06 Å². The molecule has 0 aromatic carbocycles. The first kappa shape index (κ1) is 43.5. The van der Waals surface area contributed by atoms with E-state index in [-0.39, 0.29) is 77.7 Å². The first-order valence-electron chi connectivity index (χ1n) is 17.3. The van der Waals surface area contributed by atoms with E-state index < -0.39 is 103 Å². The molecule has 4 amide bonds. The summed E-state index contributed by atoms with van der Waals surface area (Å²) < 4.78 is 21.5. The van der Waals surface area contributed by atoms with Gasteiger partial charge >= 0.3 is 5.97 Å². The van der Waals surface area contributed by atoms with Crippen molar-refractivity contribution in [3.05, 3.63) is 0 Å². The van der Waals surface area contributed by atoms with Gasteiger partial charge in [-0.1, -0.05) is 0 Å². The maximum absolute atomic E-state index is 13.1. The first-order valence-corrected chi connectivity index (χ1v) is 17.3. The summed E-state index contributed by atoms with van der Waals surface area (Å²) in [7, 11) is 0. The molecule has 52 heavy (non-hydrogen) atoms. The number of carbonyl (C=O) groups is 5. The highest BCUT2D eigenvalue weighted by Crippen LogP contribution is 2.23. The van der Waals surface area contributed by atoms with Crippen LogP contribution in [0.1, 0.15) is 65.2 Å². The van der Waals surface area contributed by atoms with Crippen LogP contribution in [0.5, 0.6) is 0 Å². The summed E-state index contributed by atoms with van der Waals surface area (Å²) in [5, 5.41) is 78.6. The summed E-state index contributed by atoms with van der Waals surface area (Å²) in [4.78, 5) is 65.7. The quantitative estimate of drug-likeness (QED) is 0.0317. The van der Waals surface area contributed by atoms with Crippen molar-refractivity contribution in [3.8, 4) is 0 Å². The third-order valence-electron chi connectivity index (χ3n) is 8.68. The van der Waals surface area contributed by atoms with E-state index in [1.54, 1.807) is 0 Å². The second-order valence-corrected chi connectivity index (χ2v) is 12.8. The smallest absolute Gasteiger partial charge is 0.333 e. The van der Waals surface area contributed by atoms with Crippen LogP contribution in [0.25, 0.3) is 0 Å². The lowest BCUT2D eigenvalue weighted by atomic mass is 10.0. The van der Waals surface area contributed by atoms with E-state index in [9.17, 15) is 59.7 Å². The number of aliphatic hydroxyl groups is 7. The van der Waals surface area contributed by atoms with Crippen molar-refractivity contribution in [3.63, 3.8) is 0 Å². The molecule has 0 radical (unpaired) electrons. The second-order valence-electron chi connectivity index (χ2n) is 12.8. The molecule has 3 aliphatic heterocycles. The van der Waals surface area contributed by atoms with Crippen molar-refractivity contribution < 1.29 is 83.5 Å². The zero-order valence-electron chi connectivity index (χ0n) is 29.1. The van der Waals surface area contributed by atoms with Crippen molar-refractivity contribution in [1.29, 1.82) is 0 Å². The standard InChI is InChI=1S/C31H52N4O17/c1-15-23(41)25(43)27(45)30(50-15)48-13-11-32-18(36)8-7-17(29(47)33-12-14-49-31-28(46)26(44)24(42)16(2)51-31)34-19(37)5-3-4-6-22(40)52-35-20(38)9-10-21(35)39/h15-17,19,23-28,30-31,34,37,41-46H,3-14H2,1-2H3,(H,32,36)(H,33,47)/t15-,16-,17-,19?,23+,24+,25+,26+,27-,28-,30+,31+/m0/s1. The molecule has 1 unspecified atom stereocenters. The van der Waals surface area contributed by atoms with Crippen LogP contribution in [0.4, 0.5) is 0 Å². The van der Waals surface area contributed by atoms with Crippen molar-refractivity contribution in [2.75, 3.05) is 26.3 Å². The zero-order valence-corrected chi connectivity index (χ0v) is 29.1.